The molecule has 0 saturated heterocycles. The summed E-state index contributed by atoms with van der Waals surface area (Å²) in [5.41, 5.74) is 0.841. The fraction of sp³-hybridized carbons (Fsp3) is 0. The summed E-state index contributed by atoms with van der Waals surface area (Å²) in [6.45, 7) is 0. The Kier molecular flexibility index (Phi) is 3.91. The molecule has 112 valence electrons. The quantitative estimate of drug-likeness (QED) is 0.758. The number of carbonyl (C=O) groups is 1. The Balaban J connectivity index is 1.78. The molecule has 0 aliphatic carbocycles. The van der Waals surface area contributed by atoms with Crippen LogP contribution >= 0.6 is 22.9 Å². The number of nitrogens with one attached hydrogen (secondary N) is 1. The normalized spacial score (nSPS) is 10.7. The molecule has 1 amide bonds. The molecule has 3 rings (SSSR count). The number of hydrogen-bond donors (Lipinski definition) is 1. The van der Waals surface area contributed by atoms with Crippen LogP contribution in [-0.2, 0) is 0 Å². The molecule has 1 N–H and O–H groups in total. The molecule has 0 unspecified atom stereocenters. The highest BCUT2D eigenvalue weighted by atomic mass is 35.5. The smallest absolute Gasteiger partial charge is 0.293 e. The summed E-state index contributed by atoms with van der Waals surface area (Å²) in [5.74, 6) is -2.34. The lowest BCUT2D eigenvalue weighted by atomic mass is 10.2. The van der Waals surface area contributed by atoms with Crippen molar-refractivity contribution in [3.05, 3.63) is 58.3 Å². The van der Waals surface area contributed by atoms with E-state index in [0.717, 1.165) is 23.5 Å². The molecule has 8 heteroatoms. The third kappa shape index (κ3) is 3.00. The molecule has 2 aromatic heterocycles. The van der Waals surface area contributed by atoms with Gasteiger partial charge in [0.2, 0.25) is 0 Å². The van der Waals surface area contributed by atoms with Gasteiger partial charge in [-0.2, -0.15) is 0 Å². The van der Waals surface area contributed by atoms with E-state index in [4.69, 9.17) is 16.0 Å². The number of furan rings is 1. The number of nitrogens with zero attached hydrogens (tertiary/aromatic N) is 1. The van der Waals surface area contributed by atoms with Gasteiger partial charge in [0.05, 0.1) is 5.69 Å². The molecule has 0 saturated carbocycles. The van der Waals surface area contributed by atoms with Crippen molar-refractivity contribution in [3.63, 3.8) is 0 Å². The number of amides is 1. The van der Waals surface area contributed by atoms with Crippen molar-refractivity contribution >= 4 is 34.0 Å². The van der Waals surface area contributed by atoms with E-state index in [1.54, 1.807) is 5.38 Å². The van der Waals surface area contributed by atoms with E-state index in [9.17, 15) is 13.6 Å². The standard InChI is InChI=1S/C14H7ClF2N2O2S/c15-12-4-3-11(21-12)13(20)19-14-18-10(6-22-14)7-1-2-8(16)9(17)5-7/h1-6H,(H,18,19,20). The number of thiazole rings is 1. The maximum absolute atomic E-state index is 13.2. The first-order chi connectivity index (χ1) is 10.5. The first-order valence-electron chi connectivity index (χ1n) is 6.00. The summed E-state index contributed by atoms with van der Waals surface area (Å²) < 4.78 is 31.1. The van der Waals surface area contributed by atoms with Crippen LogP contribution in [0, 0.1) is 11.6 Å². The molecular formula is C14H7ClF2N2O2S. The zero-order valence-corrected chi connectivity index (χ0v) is 12.3. The molecule has 0 fully saturated rings. The first kappa shape index (κ1) is 14.7. The van der Waals surface area contributed by atoms with Gasteiger partial charge in [-0.05, 0) is 41.9 Å². The fourth-order valence-corrected chi connectivity index (χ4v) is 2.58. The largest absolute Gasteiger partial charge is 0.440 e. The van der Waals surface area contributed by atoms with Crippen LogP contribution in [0.2, 0.25) is 5.22 Å². The van der Waals surface area contributed by atoms with Crippen LogP contribution in [0.1, 0.15) is 10.6 Å². The minimum Gasteiger partial charge on any atom is -0.440 e. The van der Waals surface area contributed by atoms with Gasteiger partial charge < -0.3 is 4.42 Å². The number of anilines is 1. The predicted octanol–water partition coefficient (Wildman–Crippen LogP) is 4.59. The van der Waals surface area contributed by atoms with E-state index in [2.05, 4.69) is 10.3 Å². The minimum atomic E-state index is -0.957. The van der Waals surface area contributed by atoms with Gasteiger partial charge >= 0.3 is 0 Å². The van der Waals surface area contributed by atoms with Crippen LogP contribution < -0.4 is 5.32 Å². The van der Waals surface area contributed by atoms with E-state index < -0.39 is 17.5 Å². The molecule has 0 spiro atoms. The maximum atomic E-state index is 13.2. The second-order valence-corrected chi connectivity index (χ2v) is 5.46. The highest BCUT2D eigenvalue weighted by molar-refractivity contribution is 7.14. The third-order valence-electron chi connectivity index (χ3n) is 2.74. The van der Waals surface area contributed by atoms with Gasteiger partial charge in [-0.15, -0.1) is 11.3 Å². The molecule has 3 aromatic rings. The van der Waals surface area contributed by atoms with Gasteiger partial charge in [-0.25, -0.2) is 13.8 Å². The summed E-state index contributed by atoms with van der Waals surface area (Å²) in [6, 6.07) is 6.35. The first-order valence-corrected chi connectivity index (χ1v) is 7.26. The summed E-state index contributed by atoms with van der Waals surface area (Å²) in [7, 11) is 0. The Morgan fingerprint density at radius 1 is 1.23 bits per heavy atom. The van der Waals surface area contributed by atoms with Gasteiger partial charge in [0.15, 0.2) is 27.7 Å². The van der Waals surface area contributed by atoms with Gasteiger partial charge in [0.1, 0.15) is 0 Å². The minimum absolute atomic E-state index is 0.0505. The van der Waals surface area contributed by atoms with E-state index in [-0.39, 0.29) is 11.0 Å². The zero-order valence-electron chi connectivity index (χ0n) is 10.8. The van der Waals surface area contributed by atoms with Gasteiger partial charge in [-0.3, -0.25) is 10.1 Å². The van der Waals surface area contributed by atoms with E-state index >= 15 is 0 Å². The van der Waals surface area contributed by atoms with Crippen LogP contribution in [0.25, 0.3) is 11.3 Å². The van der Waals surface area contributed by atoms with Crippen molar-refractivity contribution < 1.29 is 18.0 Å². The van der Waals surface area contributed by atoms with E-state index in [0.29, 0.717) is 16.4 Å². The summed E-state index contributed by atoms with van der Waals surface area (Å²) >= 11 is 6.74. The van der Waals surface area contributed by atoms with Crippen LogP contribution in [0.4, 0.5) is 13.9 Å². The highest BCUT2D eigenvalue weighted by Gasteiger charge is 2.14. The Hall–Kier alpha value is -2.25. The molecule has 0 aliphatic heterocycles. The fourth-order valence-electron chi connectivity index (χ4n) is 1.71. The number of rotatable bonds is 3. The zero-order chi connectivity index (χ0) is 15.7. The SMILES string of the molecule is O=C(Nc1nc(-c2ccc(F)c(F)c2)cs1)c1ccc(Cl)o1. The number of benzene rings is 1. The molecule has 0 atom stereocenters. The van der Waals surface area contributed by atoms with Gasteiger partial charge in [-0.1, -0.05) is 0 Å². The molecule has 4 nitrogen and oxygen atoms in total. The molecule has 1 aromatic carbocycles. The van der Waals surface area contributed by atoms with Crippen LogP contribution in [0.5, 0.6) is 0 Å². The van der Waals surface area contributed by atoms with Crippen molar-refractivity contribution in [3.8, 4) is 11.3 Å². The molecule has 0 radical (unpaired) electrons. The Morgan fingerprint density at radius 3 is 2.73 bits per heavy atom. The number of halogens is 3. The predicted molar refractivity (Wildman–Crippen MR) is 79.1 cm³/mol. The Morgan fingerprint density at radius 2 is 2.05 bits per heavy atom. The number of carbonyl (C=O) groups excluding carboxylic acids is 1. The topological polar surface area (TPSA) is 55.1 Å². The van der Waals surface area contributed by atoms with Gasteiger partial charge in [0, 0.05) is 10.9 Å². The molecule has 0 aliphatic rings. The van der Waals surface area contributed by atoms with Crippen LogP contribution in [-0.4, -0.2) is 10.9 Å². The lowest BCUT2D eigenvalue weighted by Gasteiger charge is -1.99. The Labute approximate surface area is 132 Å². The van der Waals surface area contributed by atoms with Gasteiger partial charge in [0.25, 0.3) is 5.91 Å². The van der Waals surface area contributed by atoms with E-state index in [1.165, 1.54) is 18.2 Å². The lowest BCUT2D eigenvalue weighted by Crippen LogP contribution is -2.10. The van der Waals surface area contributed by atoms with E-state index in [1.807, 2.05) is 0 Å². The number of aromatic nitrogens is 1. The summed E-state index contributed by atoms with van der Waals surface area (Å²) in [6.07, 6.45) is 0. The summed E-state index contributed by atoms with van der Waals surface area (Å²) in [4.78, 5) is 16.0. The average Bonchev–Trinajstić information content (AvgIpc) is 3.11. The summed E-state index contributed by atoms with van der Waals surface area (Å²) in [5, 5.41) is 4.56. The second kappa shape index (κ2) is 5.86. The lowest BCUT2D eigenvalue weighted by molar-refractivity contribution is 0.0997. The number of hydrogen-bond acceptors (Lipinski definition) is 4. The van der Waals surface area contributed by atoms with Crippen LogP contribution in [0.3, 0.4) is 0 Å². The van der Waals surface area contributed by atoms with Crippen molar-refractivity contribution in [1.82, 2.24) is 4.98 Å². The van der Waals surface area contributed by atoms with Crippen molar-refractivity contribution in [2.45, 2.75) is 0 Å². The van der Waals surface area contributed by atoms with Crippen molar-refractivity contribution in [1.29, 1.82) is 0 Å². The maximum Gasteiger partial charge on any atom is 0.293 e. The molecule has 0 bridgehead atoms. The average molecular weight is 341 g/mol. The monoisotopic (exact) mass is 340 g/mol. The molecule has 22 heavy (non-hydrogen) atoms. The second-order valence-electron chi connectivity index (χ2n) is 4.22. The molecular weight excluding hydrogens is 334 g/mol. The Bertz CT molecular complexity index is 847. The van der Waals surface area contributed by atoms with Crippen molar-refractivity contribution in [2.75, 3.05) is 5.32 Å². The van der Waals surface area contributed by atoms with Crippen molar-refractivity contribution in [2.24, 2.45) is 0 Å². The van der Waals surface area contributed by atoms with Crippen LogP contribution in [0.15, 0.2) is 40.1 Å². The third-order valence-corrected chi connectivity index (χ3v) is 3.70. The molecule has 2 heterocycles. The highest BCUT2D eigenvalue weighted by Crippen LogP contribution is 2.26.